The molecule has 2 rings (SSSR count). The van der Waals surface area contributed by atoms with Crippen LogP contribution >= 0.6 is 15.9 Å². The summed E-state index contributed by atoms with van der Waals surface area (Å²) in [5, 5.41) is 10.6. The summed E-state index contributed by atoms with van der Waals surface area (Å²) in [7, 11) is 0. The summed E-state index contributed by atoms with van der Waals surface area (Å²) in [4.78, 5) is 10.1. The predicted octanol–water partition coefficient (Wildman–Crippen LogP) is 4.08. The fraction of sp³-hybridized carbons (Fsp3) is 0.0769. The molecule has 0 saturated heterocycles. The molecule has 0 spiro atoms. The summed E-state index contributed by atoms with van der Waals surface area (Å²) in [6, 6.07) is 10.4. The van der Waals surface area contributed by atoms with E-state index in [1.165, 1.54) is 24.3 Å². The first-order valence-corrected chi connectivity index (χ1v) is 6.17. The highest BCUT2D eigenvalue weighted by molar-refractivity contribution is 9.10. The van der Waals surface area contributed by atoms with E-state index in [1.54, 1.807) is 18.2 Å². The monoisotopic (exact) mass is 325 g/mol. The number of halogens is 2. The van der Waals surface area contributed by atoms with E-state index in [1.807, 2.05) is 0 Å². The van der Waals surface area contributed by atoms with Crippen molar-refractivity contribution in [1.82, 2.24) is 0 Å². The van der Waals surface area contributed by atoms with Gasteiger partial charge in [-0.3, -0.25) is 10.1 Å². The first kappa shape index (κ1) is 13.5. The maximum absolute atomic E-state index is 13.5. The molecule has 0 atom stereocenters. The van der Waals surface area contributed by atoms with Crippen LogP contribution in [0.4, 0.5) is 10.1 Å². The number of hydrogen-bond acceptors (Lipinski definition) is 3. The summed E-state index contributed by atoms with van der Waals surface area (Å²) >= 11 is 3.16. The summed E-state index contributed by atoms with van der Waals surface area (Å²) in [6.07, 6.45) is 0. The third kappa shape index (κ3) is 3.51. The van der Waals surface area contributed by atoms with Crippen LogP contribution in [0.25, 0.3) is 0 Å². The number of nitro groups is 1. The van der Waals surface area contributed by atoms with Crippen molar-refractivity contribution < 1.29 is 14.1 Å². The molecule has 0 radical (unpaired) electrons. The van der Waals surface area contributed by atoms with Crippen LogP contribution < -0.4 is 4.74 Å². The van der Waals surface area contributed by atoms with Crippen LogP contribution in [0.2, 0.25) is 0 Å². The maximum Gasteiger partial charge on any atom is 0.273 e. The minimum Gasteiger partial charge on any atom is -0.489 e. The van der Waals surface area contributed by atoms with Crippen LogP contribution in [0.5, 0.6) is 5.75 Å². The number of nitrogens with zero attached hydrogens (tertiary/aromatic N) is 1. The molecule has 0 aromatic heterocycles. The number of hydrogen-bond donors (Lipinski definition) is 0. The van der Waals surface area contributed by atoms with E-state index in [0.29, 0.717) is 15.8 Å². The molecule has 0 saturated carbocycles. The van der Waals surface area contributed by atoms with Gasteiger partial charge in [0.15, 0.2) is 0 Å². The van der Waals surface area contributed by atoms with E-state index in [0.717, 1.165) is 0 Å². The number of non-ortho nitro benzene ring substituents is 1. The molecule has 2 aromatic carbocycles. The average Bonchev–Trinajstić information content (AvgIpc) is 2.38. The third-order valence-electron chi connectivity index (χ3n) is 2.44. The lowest BCUT2D eigenvalue weighted by molar-refractivity contribution is -0.384. The molecule has 0 heterocycles. The van der Waals surface area contributed by atoms with Gasteiger partial charge in [-0.1, -0.05) is 28.1 Å². The van der Waals surface area contributed by atoms with Gasteiger partial charge in [-0.2, -0.15) is 0 Å². The number of ether oxygens (including phenoxy) is 1. The topological polar surface area (TPSA) is 52.4 Å². The first-order chi connectivity index (χ1) is 9.06. The molecule has 0 amide bonds. The van der Waals surface area contributed by atoms with Crippen LogP contribution in [0.15, 0.2) is 46.9 Å². The van der Waals surface area contributed by atoms with E-state index in [4.69, 9.17) is 4.74 Å². The lowest BCUT2D eigenvalue weighted by Crippen LogP contribution is -1.99. The molecular weight excluding hydrogens is 317 g/mol. The highest BCUT2D eigenvalue weighted by Crippen LogP contribution is 2.21. The van der Waals surface area contributed by atoms with Gasteiger partial charge >= 0.3 is 0 Å². The number of benzene rings is 2. The van der Waals surface area contributed by atoms with Crippen molar-refractivity contribution in [3.63, 3.8) is 0 Å². The average molecular weight is 326 g/mol. The molecule has 0 aliphatic rings. The summed E-state index contributed by atoms with van der Waals surface area (Å²) in [5.41, 5.74) is 0.323. The Morgan fingerprint density at radius 2 is 2.05 bits per heavy atom. The number of rotatable bonds is 4. The van der Waals surface area contributed by atoms with E-state index in [-0.39, 0.29) is 18.1 Å². The van der Waals surface area contributed by atoms with Crippen LogP contribution in [-0.4, -0.2) is 4.92 Å². The molecule has 0 bridgehead atoms. The van der Waals surface area contributed by atoms with Crippen LogP contribution in [0.3, 0.4) is 0 Å². The molecule has 98 valence electrons. The number of nitro benzene ring substituents is 1. The van der Waals surface area contributed by atoms with Gasteiger partial charge < -0.3 is 4.74 Å². The van der Waals surface area contributed by atoms with Gasteiger partial charge in [-0.05, 0) is 18.2 Å². The van der Waals surface area contributed by atoms with Crippen molar-refractivity contribution in [2.75, 3.05) is 0 Å². The van der Waals surface area contributed by atoms with Crippen molar-refractivity contribution in [2.24, 2.45) is 0 Å². The van der Waals surface area contributed by atoms with E-state index in [9.17, 15) is 14.5 Å². The second-order valence-corrected chi connectivity index (χ2v) is 4.69. The van der Waals surface area contributed by atoms with E-state index < -0.39 is 4.92 Å². The van der Waals surface area contributed by atoms with E-state index in [2.05, 4.69) is 15.9 Å². The van der Waals surface area contributed by atoms with Crippen molar-refractivity contribution in [2.45, 2.75) is 6.61 Å². The van der Waals surface area contributed by atoms with Crippen LogP contribution in [0, 0.1) is 15.9 Å². The molecule has 2 aromatic rings. The Balaban J connectivity index is 2.10. The van der Waals surface area contributed by atoms with Gasteiger partial charge in [0.25, 0.3) is 5.69 Å². The molecule has 4 nitrogen and oxygen atoms in total. The Labute approximate surface area is 117 Å². The minimum atomic E-state index is -0.507. The normalized spacial score (nSPS) is 10.2. The van der Waals surface area contributed by atoms with Gasteiger partial charge in [-0.15, -0.1) is 0 Å². The first-order valence-electron chi connectivity index (χ1n) is 5.37. The largest absolute Gasteiger partial charge is 0.489 e. The summed E-state index contributed by atoms with van der Waals surface area (Å²) in [6.45, 7) is 0.0142. The van der Waals surface area contributed by atoms with Gasteiger partial charge in [0.2, 0.25) is 0 Å². The Morgan fingerprint density at radius 1 is 1.26 bits per heavy atom. The highest BCUT2D eigenvalue weighted by atomic mass is 79.9. The van der Waals surface area contributed by atoms with Crippen LogP contribution in [0.1, 0.15) is 5.56 Å². The quantitative estimate of drug-likeness (QED) is 0.628. The van der Waals surface area contributed by atoms with Gasteiger partial charge in [0.05, 0.1) is 11.0 Å². The molecule has 0 aliphatic carbocycles. The van der Waals surface area contributed by atoms with Crippen LogP contribution in [-0.2, 0) is 6.61 Å². The van der Waals surface area contributed by atoms with Crippen molar-refractivity contribution in [3.8, 4) is 5.75 Å². The third-order valence-corrected chi connectivity index (χ3v) is 2.93. The fourth-order valence-corrected chi connectivity index (χ4v) is 1.82. The molecule has 0 aliphatic heterocycles. The second kappa shape index (κ2) is 5.79. The zero-order valence-corrected chi connectivity index (χ0v) is 11.3. The lowest BCUT2D eigenvalue weighted by Gasteiger charge is -2.07. The van der Waals surface area contributed by atoms with Gasteiger partial charge in [-0.25, -0.2) is 4.39 Å². The van der Waals surface area contributed by atoms with Gasteiger partial charge in [0, 0.05) is 16.1 Å². The van der Waals surface area contributed by atoms with Crippen molar-refractivity contribution in [1.29, 1.82) is 0 Å². The smallest absolute Gasteiger partial charge is 0.273 e. The Bertz CT molecular complexity index is 619. The lowest BCUT2D eigenvalue weighted by atomic mass is 10.2. The zero-order chi connectivity index (χ0) is 13.8. The predicted molar refractivity (Wildman–Crippen MR) is 71.5 cm³/mol. The molecule has 6 heteroatoms. The second-order valence-electron chi connectivity index (χ2n) is 3.78. The Morgan fingerprint density at radius 3 is 2.74 bits per heavy atom. The summed E-state index contributed by atoms with van der Waals surface area (Å²) in [5.74, 6) is -0.0590. The zero-order valence-electron chi connectivity index (χ0n) is 9.68. The summed E-state index contributed by atoms with van der Waals surface area (Å²) < 4.78 is 19.5. The SMILES string of the molecule is O=[N+]([O-])c1cccc(OCc2ccc(Br)cc2F)c1. The highest BCUT2D eigenvalue weighted by Gasteiger charge is 2.08. The Hall–Kier alpha value is -1.95. The standard InChI is InChI=1S/C13H9BrFNO3/c14-10-5-4-9(13(15)6-10)8-19-12-3-1-2-11(7-12)16(17)18/h1-7H,8H2. The van der Waals surface area contributed by atoms with Crippen molar-refractivity contribution in [3.05, 3.63) is 68.4 Å². The molecule has 0 unspecified atom stereocenters. The van der Waals surface area contributed by atoms with Gasteiger partial charge in [0.1, 0.15) is 18.2 Å². The maximum atomic E-state index is 13.5. The molecule has 0 N–H and O–H groups in total. The molecule has 0 fully saturated rings. The minimum absolute atomic E-state index is 0.0142. The Kier molecular flexibility index (Phi) is 4.11. The fourth-order valence-electron chi connectivity index (χ4n) is 1.49. The molecule has 19 heavy (non-hydrogen) atoms. The molecular formula is C13H9BrFNO3. The van der Waals surface area contributed by atoms with E-state index >= 15 is 0 Å². The van der Waals surface area contributed by atoms with Crippen molar-refractivity contribution >= 4 is 21.6 Å².